The summed E-state index contributed by atoms with van der Waals surface area (Å²) in [4.78, 5) is 23.8. The lowest BCUT2D eigenvalue weighted by atomic mass is 10.1. The minimum atomic E-state index is -0.760. The molecule has 28 heavy (non-hydrogen) atoms. The highest BCUT2D eigenvalue weighted by Crippen LogP contribution is 2.35. The molecule has 0 fully saturated rings. The van der Waals surface area contributed by atoms with Crippen molar-refractivity contribution in [2.75, 3.05) is 5.32 Å². The number of aryl methyl sites for hydroxylation is 1. The standard InChI is InChI=1S/C20H17N3O4S/c1-14-10-11-16(17(13-14)23(26)27)21-20(24)19(15-7-3-2-4-8-15)28-18-9-5-6-12-22(18)25/h2-13,19H,1H3,(H,21,24)/t19-/m1/s1. The second-order valence-electron chi connectivity index (χ2n) is 6.04. The number of hydrogen-bond donors (Lipinski definition) is 1. The Kier molecular flexibility index (Phi) is 5.90. The third-order valence-corrected chi connectivity index (χ3v) is 5.25. The summed E-state index contributed by atoms with van der Waals surface area (Å²) in [7, 11) is 0. The highest BCUT2D eigenvalue weighted by Gasteiger charge is 2.27. The van der Waals surface area contributed by atoms with Crippen molar-refractivity contribution >= 4 is 29.0 Å². The van der Waals surface area contributed by atoms with Crippen LogP contribution in [0.4, 0.5) is 11.4 Å². The van der Waals surface area contributed by atoms with Crippen LogP contribution in [0.2, 0.25) is 0 Å². The number of nitrogens with one attached hydrogen (secondary N) is 1. The van der Waals surface area contributed by atoms with Crippen molar-refractivity contribution < 1.29 is 14.4 Å². The molecular formula is C20H17N3O4S. The van der Waals surface area contributed by atoms with E-state index in [1.54, 1.807) is 55.5 Å². The van der Waals surface area contributed by atoms with E-state index >= 15 is 0 Å². The summed E-state index contributed by atoms with van der Waals surface area (Å²) in [5.74, 6) is -0.452. The van der Waals surface area contributed by atoms with E-state index < -0.39 is 16.1 Å². The van der Waals surface area contributed by atoms with Gasteiger partial charge in [0.1, 0.15) is 10.9 Å². The van der Waals surface area contributed by atoms with Crippen molar-refractivity contribution in [2.24, 2.45) is 0 Å². The van der Waals surface area contributed by atoms with Gasteiger partial charge in [-0.05, 0) is 41.9 Å². The first-order valence-corrected chi connectivity index (χ1v) is 9.29. The second-order valence-corrected chi connectivity index (χ2v) is 7.17. The largest absolute Gasteiger partial charge is 0.618 e. The first kappa shape index (κ1) is 19.4. The molecule has 0 bridgehead atoms. The van der Waals surface area contributed by atoms with Crippen molar-refractivity contribution in [3.05, 3.63) is 99.4 Å². The summed E-state index contributed by atoms with van der Waals surface area (Å²) >= 11 is 1.08. The fraction of sp³-hybridized carbons (Fsp3) is 0.100. The van der Waals surface area contributed by atoms with E-state index in [9.17, 15) is 20.1 Å². The number of nitro groups is 1. The number of hydrogen-bond acceptors (Lipinski definition) is 5. The number of carbonyl (C=O) groups excluding carboxylic acids is 1. The lowest BCUT2D eigenvalue weighted by Gasteiger charge is -2.16. The first-order chi connectivity index (χ1) is 13.5. The predicted molar refractivity (Wildman–Crippen MR) is 107 cm³/mol. The van der Waals surface area contributed by atoms with Crippen molar-refractivity contribution in [2.45, 2.75) is 17.2 Å². The van der Waals surface area contributed by atoms with Crippen LogP contribution in [-0.4, -0.2) is 10.8 Å². The molecular weight excluding hydrogens is 378 g/mol. The zero-order valence-corrected chi connectivity index (χ0v) is 15.8. The monoisotopic (exact) mass is 395 g/mol. The third-order valence-electron chi connectivity index (χ3n) is 3.98. The van der Waals surface area contributed by atoms with E-state index in [0.717, 1.165) is 17.3 Å². The van der Waals surface area contributed by atoms with Crippen LogP contribution >= 0.6 is 11.8 Å². The maximum atomic E-state index is 13.0. The molecule has 7 nitrogen and oxygen atoms in total. The van der Waals surface area contributed by atoms with Gasteiger partial charge in [0.15, 0.2) is 6.20 Å². The molecule has 0 aliphatic rings. The highest BCUT2D eigenvalue weighted by molar-refractivity contribution is 8.00. The lowest BCUT2D eigenvalue weighted by Crippen LogP contribution is -2.29. The Morgan fingerprint density at radius 3 is 2.50 bits per heavy atom. The number of pyridine rings is 1. The molecule has 8 heteroatoms. The van der Waals surface area contributed by atoms with Gasteiger partial charge in [-0.3, -0.25) is 14.9 Å². The molecule has 1 heterocycles. The lowest BCUT2D eigenvalue weighted by molar-refractivity contribution is -0.645. The Balaban J connectivity index is 1.94. The second kappa shape index (κ2) is 8.53. The zero-order valence-electron chi connectivity index (χ0n) is 14.9. The number of rotatable bonds is 6. The summed E-state index contributed by atoms with van der Waals surface area (Å²) in [6.07, 6.45) is 1.35. The Hall–Kier alpha value is -3.39. The van der Waals surface area contributed by atoms with E-state index in [1.165, 1.54) is 18.3 Å². The molecule has 0 unspecified atom stereocenters. The van der Waals surface area contributed by atoms with Crippen LogP contribution < -0.4 is 10.0 Å². The number of nitrogens with zero attached hydrogens (tertiary/aromatic N) is 2. The van der Waals surface area contributed by atoms with Crippen LogP contribution in [0.15, 0.2) is 78.0 Å². The molecule has 0 spiro atoms. The minimum absolute atomic E-state index is 0.116. The van der Waals surface area contributed by atoms with Crippen molar-refractivity contribution in [1.29, 1.82) is 0 Å². The summed E-state index contributed by atoms with van der Waals surface area (Å²) in [5, 5.41) is 25.6. The van der Waals surface area contributed by atoms with Gasteiger partial charge < -0.3 is 10.5 Å². The van der Waals surface area contributed by atoms with Crippen molar-refractivity contribution in [1.82, 2.24) is 0 Å². The van der Waals surface area contributed by atoms with Crippen LogP contribution in [0.1, 0.15) is 16.4 Å². The van der Waals surface area contributed by atoms with E-state index in [0.29, 0.717) is 15.3 Å². The summed E-state index contributed by atoms with van der Waals surface area (Å²) in [6.45, 7) is 1.74. The number of nitro benzene ring substituents is 1. The number of amides is 1. The van der Waals surface area contributed by atoms with Crippen molar-refractivity contribution in [3.8, 4) is 0 Å². The maximum absolute atomic E-state index is 13.0. The van der Waals surface area contributed by atoms with Crippen LogP contribution in [0.25, 0.3) is 0 Å². The highest BCUT2D eigenvalue weighted by atomic mass is 32.2. The van der Waals surface area contributed by atoms with Gasteiger partial charge in [-0.1, -0.05) is 36.4 Å². The number of anilines is 1. The Morgan fingerprint density at radius 1 is 1.11 bits per heavy atom. The fourth-order valence-corrected chi connectivity index (χ4v) is 3.64. The average Bonchev–Trinajstić information content (AvgIpc) is 2.69. The number of thioether (sulfide) groups is 1. The van der Waals surface area contributed by atoms with E-state index in [1.807, 2.05) is 6.07 Å². The topological polar surface area (TPSA) is 99.2 Å². The Labute approximate surface area is 165 Å². The van der Waals surface area contributed by atoms with Crippen LogP contribution in [0.5, 0.6) is 0 Å². The van der Waals surface area contributed by atoms with Gasteiger partial charge in [-0.2, -0.15) is 4.73 Å². The van der Waals surface area contributed by atoms with E-state index in [-0.39, 0.29) is 11.4 Å². The number of carbonyl (C=O) groups is 1. The summed E-state index contributed by atoms with van der Waals surface area (Å²) in [6, 6.07) is 18.5. The smallest absolute Gasteiger partial charge is 0.293 e. The zero-order chi connectivity index (χ0) is 20.1. The molecule has 0 radical (unpaired) electrons. The molecule has 142 valence electrons. The van der Waals surface area contributed by atoms with Gasteiger partial charge in [-0.15, -0.1) is 0 Å². The molecule has 0 aliphatic heterocycles. The molecule has 1 atom stereocenters. The van der Waals surface area contributed by atoms with Gasteiger partial charge in [0.05, 0.1) is 4.92 Å². The quantitative estimate of drug-likeness (QED) is 0.223. The molecule has 3 aromatic rings. The minimum Gasteiger partial charge on any atom is -0.618 e. The van der Waals surface area contributed by atoms with Gasteiger partial charge >= 0.3 is 0 Å². The third kappa shape index (κ3) is 4.47. The van der Waals surface area contributed by atoms with Crippen molar-refractivity contribution in [3.63, 3.8) is 0 Å². The number of benzene rings is 2. The Bertz CT molecular complexity index is 1010. The average molecular weight is 395 g/mol. The molecule has 0 saturated heterocycles. The normalized spacial score (nSPS) is 11.6. The Morgan fingerprint density at radius 2 is 1.82 bits per heavy atom. The molecule has 2 aromatic carbocycles. The molecule has 1 N–H and O–H groups in total. The molecule has 3 rings (SSSR count). The maximum Gasteiger partial charge on any atom is 0.293 e. The van der Waals surface area contributed by atoms with Crippen LogP contribution in [0.3, 0.4) is 0 Å². The predicted octanol–water partition coefficient (Wildman–Crippen LogP) is 4.01. The number of aromatic nitrogens is 1. The first-order valence-electron chi connectivity index (χ1n) is 8.41. The summed E-state index contributed by atoms with van der Waals surface area (Å²) < 4.78 is 0.683. The van der Waals surface area contributed by atoms with Crippen LogP contribution in [0, 0.1) is 22.2 Å². The molecule has 0 aliphatic carbocycles. The van der Waals surface area contributed by atoms with Gasteiger partial charge in [0, 0.05) is 18.2 Å². The van der Waals surface area contributed by atoms with Gasteiger partial charge in [0.25, 0.3) is 10.7 Å². The van der Waals surface area contributed by atoms with Crippen LogP contribution in [-0.2, 0) is 4.79 Å². The SMILES string of the molecule is Cc1ccc(NC(=O)[C@H](Sc2cccc[n+]2[O-])c2ccccc2)c([N+](=O)[O-])c1. The van der Waals surface area contributed by atoms with Gasteiger partial charge in [-0.25, -0.2) is 0 Å². The van der Waals surface area contributed by atoms with E-state index in [2.05, 4.69) is 5.32 Å². The van der Waals surface area contributed by atoms with Gasteiger partial charge in [0.2, 0.25) is 5.91 Å². The molecule has 0 saturated carbocycles. The fourth-order valence-electron chi connectivity index (χ4n) is 2.62. The van der Waals surface area contributed by atoms with E-state index in [4.69, 9.17) is 0 Å². The summed E-state index contributed by atoms with van der Waals surface area (Å²) in [5.41, 5.74) is 1.34. The molecule has 1 amide bonds. The molecule has 1 aromatic heterocycles.